The number of nitrogens with zero attached hydrogens (tertiary/aromatic N) is 3. The first-order valence-electron chi connectivity index (χ1n) is 9.83. The quantitative estimate of drug-likeness (QED) is 0.463. The SMILES string of the molecule is O=C1C=CC(=Cc2nc3c(Sc4ccccc4)nc(-c4ccc(O)cc4)cn3c2O)C=C1. The van der Waals surface area contributed by atoms with Crippen molar-refractivity contribution in [2.24, 2.45) is 0 Å². The fourth-order valence-corrected chi connectivity index (χ4v) is 4.18. The summed E-state index contributed by atoms with van der Waals surface area (Å²) >= 11 is 1.45. The van der Waals surface area contributed by atoms with Crippen molar-refractivity contribution in [3.05, 3.63) is 96.4 Å². The number of rotatable bonds is 4. The Kier molecular flexibility index (Phi) is 5.09. The van der Waals surface area contributed by atoms with E-state index in [0.717, 1.165) is 16.0 Å². The Morgan fingerprint density at radius 1 is 0.875 bits per heavy atom. The van der Waals surface area contributed by atoms with Gasteiger partial charge in [0.2, 0.25) is 5.88 Å². The molecule has 0 atom stereocenters. The number of aromatic hydroxyl groups is 2. The van der Waals surface area contributed by atoms with Gasteiger partial charge in [-0.15, -0.1) is 0 Å². The minimum absolute atomic E-state index is 0.0245. The van der Waals surface area contributed by atoms with Gasteiger partial charge in [0.05, 0.1) is 5.69 Å². The van der Waals surface area contributed by atoms with Crippen molar-refractivity contribution < 1.29 is 15.0 Å². The van der Waals surface area contributed by atoms with E-state index in [0.29, 0.717) is 22.1 Å². The molecule has 32 heavy (non-hydrogen) atoms. The molecule has 0 fully saturated rings. The first-order valence-corrected chi connectivity index (χ1v) is 10.6. The van der Waals surface area contributed by atoms with Gasteiger partial charge in [0, 0.05) is 16.7 Å². The van der Waals surface area contributed by atoms with Crippen LogP contribution >= 0.6 is 11.8 Å². The summed E-state index contributed by atoms with van der Waals surface area (Å²) in [5.41, 5.74) is 3.08. The Bertz CT molecular complexity index is 1400. The lowest BCUT2D eigenvalue weighted by Gasteiger charge is -2.08. The summed E-state index contributed by atoms with van der Waals surface area (Å²) in [6.07, 6.45) is 9.76. The number of carbonyl (C=O) groups is 1. The summed E-state index contributed by atoms with van der Waals surface area (Å²) in [6, 6.07) is 16.5. The molecule has 156 valence electrons. The number of benzene rings is 2. The van der Waals surface area contributed by atoms with Crippen molar-refractivity contribution in [3.8, 4) is 22.9 Å². The molecule has 0 amide bonds. The van der Waals surface area contributed by atoms with Crippen LogP contribution < -0.4 is 0 Å². The highest BCUT2D eigenvalue weighted by Gasteiger charge is 2.17. The summed E-state index contributed by atoms with van der Waals surface area (Å²) in [4.78, 5) is 21.8. The first kappa shape index (κ1) is 19.8. The van der Waals surface area contributed by atoms with Gasteiger partial charge < -0.3 is 10.2 Å². The normalized spacial score (nSPS) is 13.1. The molecule has 6 nitrogen and oxygen atoms in total. The first-order chi connectivity index (χ1) is 15.6. The highest BCUT2D eigenvalue weighted by atomic mass is 32.2. The number of ketones is 1. The molecule has 0 unspecified atom stereocenters. The molecule has 0 radical (unpaired) electrons. The Balaban J connectivity index is 1.67. The van der Waals surface area contributed by atoms with Crippen molar-refractivity contribution in [3.63, 3.8) is 0 Å². The van der Waals surface area contributed by atoms with Crippen LogP contribution in [0.4, 0.5) is 0 Å². The van der Waals surface area contributed by atoms with Crippen LogP contribution in [-0.2, 0) is 4.79 Å². The van der Waals surface area contributed by atoms with Crippen molar-refractivity contribution in [2.75, 3.05) is 0 Å². The molecule has 2 N–H and O–H groups in total. The van der Waals surface area contributed by atoms with Crippen LogP contribution in [0.1, 0.15) is 5.69 Å². The molecule has 4 aromatic rings. The molecule has 2 aromatic heterocycles. The van der Waals surface area contributed by atoms with Crippen LogP contribution in [-0.4, -0.2) is 30.4 Å². The van der Waals surface area contributed by atoms with E-state index in [-0.39, 0.29) is 17.4 Å². The Hall–Kier alpha value is -4.10. The maximum Gasteiger partial charge on any atom is 0.223 e. The van der Waals surface area contributed by atoms with Crippen LogP contribution in [0.25, 0.3) is 23.0 Å². The standard InChI is InChI=1S/C25H17N3O3S/c29-18-10-6-16(7-11-18)14-21-25(31)28-15-22(17-8-12-19(30)13-9-17)27-24(23(28)26-21)32-20-4-2-1-3-5-20/h1-15,30-31H. The van der Waals surface area contributed by atoms with Gasteiger partial charge in [-0.25, -0.2) is 9.97 Å². The van der Waals surface area contributed by atoms with Crippen LogP contribution in [0.2, 0.25) is 0 Å². The zero-order chi connectivity index (χ0) is 22.1. The number of phenols is 1. The van der Waals surface area contributed by atoms with E-state index in [2.05, 4.69) is 4.98 Å². The second kappa shape index (κ2) is 8.20. The minimum atomic E-state index is -0.0781. The van der Waals surface area contributed by atoms with E-state index in [9.17, 15) is 15.0 Å². The van der Waals surface area contributed by atoms with Crippen LogP contribution in [0, 0.1) is 0 Å². The molecule has 2 aromatic carbocycles. The molecule has 2 heterocycles. The van der Waals surface area contributed by atoms with Gasteiger partial charge in [-0.1, -0.05) is 42.1 Å². The van der Waals surface area contributed by atoms with Gasteiger partial charge in [0.25, 0.3) is 0 Å². The Morgan fingerprint density at radius 3 is 2.31 bits per heavy atom. The van der Waals surface area contributed by atoms with Crippen molar-refractivity contribution >= 4 is 29.3 Å². The van der Waals surface area contributed by atoms with Gasteiger partial charge in [-0.3, -0.25) is 9.20 Å². The Morgan fingerprint density at radius 2 is 1.59 bits per heavy atom. The predicted octanol–water partition coefficient (Wildman–Crippen LogP) is 5.04. The zero-order valence-electron chi connectivity index (χ0n) is 16.7. The van der Waals surface area contributed by atoms with Crippen molar-refractivity contribution in [2.45, 2.75) is 9.92 Å². The summed E-state index contributed by atoms with van der Waals surface area (Å²) < 4.78 is 1.61. The van der Waals surface area contributed by atoms with Crippen LogP contribution in [0.3, 0.4) is 0 Å². The van der Waals surface area contributed by atoms with Gasteiger partial charge in [-0.2, -0.15) is 0 Å². The van der Waals surface area contributed by atoms with Crippen molar-refractivity contribution in [1.82, 2.24) is 14.4 Å². The fraction of sp³-hybridized carbons (Fsp3) is 0. The Labute approximate surface area is 187 Å². The number of aromatic nitrogens is 3. The average molecular weight is 439 g/mol. The number of fused-ring (bicyclic) bond motifs is 1. The van der Waals surface area contributed by atoms with Gasteiger partial charge in [0.1, 0.15) is 16.5 Å². The molecule has 0 aliphatic heterocycles. The third-order valence-corrected chi connectivity index (χ3v) is 5.86. The molecular weight excluding hydrogens is 422 g/mol. The molecule has 0 saturated carbocycles. The smallest absolute Gasteiger partial charge is 0.223 e. The van der Waals surface area contributed by atoms with Gasteiger partial charge >= 0.3 is 0 Å². The second-order valence-corrected chi connectivity index (χ2v) is 8.18. The predicted molar refractivity (Wildman–Crippen MR) is 124 cm³/mol. The van der Waals surface area contributed by atoms with E-state index in [1.165, 1.54) is 23.9 Å². The molecule has 7 heteroatoms. The molecule has 5 rings (SSSR count). The maximum atomic E-state index is 11.4. The van der Waals surface area contributed by atoms with E-state index >= 15 is 0 Å². The minimum Gasteiger partial charge on any atom is -0.508 e. The summed E-state index contributed by atoms with van der Waals surface area (Å²) in [6.45, 7) is 0. The number of phenolic OH excluding ortho intramolecular Hbond substituents is 1. The maximum absolute atomic E-state index is 11.4. The third-order valence-electron chi connectivity index (χ3n) is 4.88. The van der Waals surface area contributed by atoms with Gasteiger partial charge in [0.15, 0.2) is 11.4 Å². The molecule has 0 bridgehead atoms. The number of imidazole rings is 1. The molecule has 0 spiro atoms. The molecule has 1 aliphatic carbocycles. The summed E-state index contributed by atoms with van der Waals surface area (Å²) in [7, 11) is 0. The summed E-state index contributed by atoms with van der Waals surface area (Å²) in [5.74, 6) is 0.0642. The highest BCUT2D eigenvalue weighted by molar-refractivity contribution is 7.99. The topological polar surface area (TPSA) is 87.7 Å². The number of carbonyl (C=O) groups excluding carboxylic acids is 1. The fourth-order valence-electron chi connectivity index (χ4n) is 3.28. The molecule has 1 aliphatic rings. The lowest BCUT2D eigenvalue weighted by Crippen LogP contribution is -1.95. The highest BCUT2D eigenvalue weighted by Crippen LogP contribution is 2.35. The number of hydrogen-bond donors (Lipinski definition) is 2. The van der Waals surface area contributed by atoms with Crippen molar-refractivity contribution in [1.29, 1.82) is 0 Å². The third kappa shape index (κ3) is 3.93. The molecule has 0 saturated heterocycles. The second-order valence-electron chi connectivity index (χ2n) is 7.12. The average Bonchev–Trinajstić information content (AvgIpc) is 3.12. The lowest BCUT2D eigenvalue weighted by atomic mass is 10.1. The number of allylic oxidation sites excluding steroid dienone is 5. The van der Waals surface area contributed by atoms with E-state index in [1.807, 2.05) is 30.3 Å². The van der Waals surface area contributed by atoms with Gasteiger partial charge in [-0.05, 0) is 60.2 Å². The lowest BCUT2D eigenvalue weighted by molar-refractivity contribution is -0.110. The zero-order valence-corrected chi connectivity index (χ0v) is 17.5. The monoisotopic (exact) mass is 439 g/mol. The largest absolute Gasteiger partial charge is 0.508 e. The number of hydrogen-bond acceptors (Lipinski definition) is 6. The van der Waals surface area contributed by atoms with Crippen LogP contribution in [0.15, 0.2) is 101 Å². The van der Waals surface area contributed by atoms with E-state index in [1.54, 1.807) is 53.1 Å². The van der Waals surface area contributed by atoms with E-state index in [4.69, 9.17) is 4.98 Å². The summed E-state index contributed by atoms with van der Waals surface area (Å²) in [5, 5.41) is 21.2. The van der Waals surface area contributed by atoms with Crippen LogP contribution in [0.5, 0.6) is 11.6 Å². The van der Waals surface area contributed by atoms with E-state index < -0.39 is 0 Å². The molecular formula is C25H17N3O3S.